The van der Waals surface area contributed by atoms with E-state index in [1.165, 1.54) is 36.5 Å². The summed E-state index contributed by atoms with van der Waals surface area (Å²) in [6, 6.07) is 17.5. The van der Waals surface area contributed by atoms with Crippen LogP contribution in [-0.2, 0) is 15.8 Å². The molecule has 6 rings (SSSR count). The maximum absolute atomic E-state index is 13.6. The summed E-state index contributed by atoms with van der Waals surface area (Å²) >= 11 is 0. The quantitative estimate of drug-likeness (QED) is 0.292. The minimum Gasteiger partial charge on any atom is -0.796 e. The van der Waals surface area contributed by atoms with E-state index in [0.717, 1.165) is 54.9 Å². The van der Waals surface area contributed by atoms with E-state index in [4.69, 9.17) is 9.47 Å². The average molecular weight is 601 g/mol. The first-order valence-corrected chi connectivity index (χ1v) is 16.4. The number of rotatable bonds is 8. The number of hydrogen-bond acceptors (Lipinski definition) is 6. The summed E-state index contributed by atoms with van der Waals surface area (Å²) in [5, 5.41) is 0.249. The third-order valence-corrected chi connectivity index (χ3v) is 9.70. The van der Waals surface area contributed by atoms with Crippen LogP contribution < -0.4 is 49.4 Å². The molecule has 2 saturated heterocycles. The molecule has 1 unspecified atom stereocenters. The van der Waals surface area contributed by atoms with Crippen molar-refractivity contribution in [2.45, 2.75) is 50.7 Å². The van der Waals surface area contributed by atoms with E-state index in [9.17, 15) is 18.6 Å². The Bertz CT molecular complexity index is 1480. The van der Waals surface area contributed by atoms with Crippen molar-refractivity contribution in [2.75, 3.05) is 37.8 Å². The van der Waals surface area contributed by atoms with Crippen molar-refractivity contribution in [1.82, 2.24) is 4.90 Å². The fourth-order valence-electron chi connectivity index (χ4n) is 6.01. The Morgan fingerprint density at radius 1 is 1.07 bits per heavy atom. The summed E-state index contributed by atoms with van der Waals surface area (Å²) in [5.41, 5.74) is 4.64. The monoisotopic (exact) mass is 600 g/mol. The topological polar surface area (TPSA) is 82.1 Å². The average Bonchev–Trinajstić information content (AvgIpc) is 3.74. The van der Waals surface area contributed by atoms with Gasteiger partial charge in [0.25, 0.3) is 0 Å². The van der Waals surface area contributed by atoms with Crippen LogP contribution in [0.3, 0.4) is 0 Å². The molecule has 216 valence electrons. The van der Waals surface area contributed by atoms with Gasteiger partial charge in [0.1, 0.15) is 17.2 Å². The van der Waals surface area contributed by atoms with Crippen molar-refractivity contribution in [1.29, 1.82) is 0 Å². The molecule has 0 N–H and O–H groups in total. The van der Waals surface area contributed by atoms with Crippen molar-refractivity contribution >= 4 is 24.5 Å². The van der Waals surface area contributed by atoms with Crippen LogP contribution >= 0.6 is 7.37 Å². The SMILES string of the molecule is CCOc1cc(-c2ccc(F)cc2)c(C2CC2)cc1CN1CCC2(CC1)CN(c1ccc(P(C)(=O)[O-])cc1)C(=O)O2.[Na+]. The summed E-state index contributed by atoms with van der Waals surface area (Å²) in [7, 11) is -3.60. The number of ether oxygens (including phenoxy) is 2. The largest absolute Gasteiger partial charge is 1.00 e. The molecule has 3 fully saturated rings. The molecule has 10 heteroatoms. The molecular weight excluding hydrogens is 565 g/mol. The van der Waals surface area contributed by atoms with Crippen LogP contribution in [0.4, 0.5) is 14.9 Å². The molecule has 1 atom stereocenters. The Morgan fingerprint density at radius 3 is 2.33 bits per heavy atom. The van der Waals surface area contributed by atoms with Gasteiger partial charge in [-0.05, 0) is 90.7 Å². The van der Waals surface area contributed by atoms with Crippen LogP contribution in [0.5, 0.6) is 5.75 Å². The third-order valence-electron chi connectivity index (χ3n) is 8.47. The molecule has 1 spiro atoms. The molecule has 42 heavy (non-hydrogen) atoms. The third kappa shape index (κ3) is 6.64. The molecule has 1 aliphatic carbocycles. The first-order chi connectivity index (χ1) is 19.6. The zero-order valence-electron chi connectivity index (χ0n) is 24.5. The Morgan fingerprint density at radius 2 is 1.74 bits per heavy atom. The van der Waals surface area contributed by atoms with Crippen molar-refractivity contribution in [3.63, 3.8) is 0 Å². The van der Waals surface area contributed by atoms with Gasteiger partial charge in [-0.15, -0.1) is 0 Å². The minimum atomic E-state index is -3.60. The zero-order chi connectivity index (χ0) is 28.8. The summed E-state index contributed by atoms with van der Waals surface area (Å²) in [6.45, 7) is 6.47. The predicted octanol–water partition coefficient (Wildman–Crippen LogP) is 2.66. The fraction of sp³-hybridized carbons (Fsp3) is 0.406. The second-order valence-corrected chi connectivity index (χ2v) is 13.7. The van der Waals surface area contributed by atoms with Crippen molar-refractivity contribution in [3.05, 3.63) is 77.6 Å². The van der Waals surface area contributed by atoms with E-state index in [1.54, 1.807) is 17.0 Å². The molecule has 3 aromatic carbocycles. The second-order valence-electron chi connectivity index (χ2n) is 11.5. The molecule has 1 amide bonds. The molecule has 1 saturated carbocycles. The Labute approximate surface area is 268 Å². The zero-order valence-corrected chi connectivity index (χ0v) is 27.4. The Hall–Kier alpha value is -2.19. The molecule has 0 radical (unpaired) electrons. The van der Waals surface area contributed by atoms with Crippen LogP contribution in [0.25, 0.3) is 11.1 Å². The molecule has 7 nitrogen and oxygen atoms in total. The Kier molecular flexibility index (Phi) is 9.25. The van der Waals surface area contributed by atoms with Gasteiger partial charge in [-0.25, -0.2) is 9.18 Å². The standard InChI is InChI=1S/C32H36FN2O5P.Na/c1-3-39-30-19-29(23-6-8-25(33)9-7-23)28(22-4-5-22)18-24(30)20-34-16-14-32(15-17-34)21-35(31(36)40-32)26-10-12-27(13-11-26)41(2,37)38;/h6-13,18-19,22H,3-5,14-17,20-21H2,1-2H3,(H,37,38);/q;+1/p-1. The number of amides is 1. The van der Waals surface area contributed by atoms with Crippen molar-refractivity contribution in [2.24, 2.45) is 0 Å². The van der Waals surface area contributed by atoms with Crippen LogP contribution in [0, 0.1) is 5.82 Å². The number of anilines is 1. The normalized spacial score (nSPS) is 19.7. The van der Waals surface area contributed by atoms with Crippen LogP contribution in [0.15, 0.2) is 60.7 Å². The first-order valence-electron chi connectivity index (χ1n) is 14.3. The van der Waals surface area contributed by atoms with Crippen LogP contribution in [0.1, 0.15) is 49.7 Å². The molecule has 3 aliphatic rings. The van der Waals surface area contributed by atoms with Gasteiger partial charge in [-0.1, -0.05) is 24.3 Å². The number of benzene rings is 3. The van der Waals surface area contributed by atoms with E-state index in [1.807, 2.05) is 19.1 Å². The molecule has 3 aromatic rings. The smallest absolute Gasteiger partial charge is 0.796 e. The number of nitrogens with zero attached hydrogens (tertiary/aromatic N) is 2. The Balaban J connectivity index is 0.00000353. The van der Waals surface area contributed by atoms with Gasteiger partial charge in [0, 0.05) is 51.1 Å². The van der Waals surface area contributed by atoms with E-state index >= 15 is 0 Å². The summed E-state index contributed by atoms with van der Waals surface area (Å²) in [4.78, 5) is 28.7. The van der Waals surface area contributed by atoms with Gasteiger partial charge in [-0.3, -0.25) is 9.80 Å². The van der Waals surface area contributed by atoms with E-state index in [0.29, 0.717) is 37.6 Å². The molecule has 0 bridgehead atoms. The van der Waals surface area contributed by atoms with E-state index < -0.39 is 19.1 Å². The van der Waals surface area contributed by atoms with Gasteiger partial charge < -0.3 is 18.9 Å². The molecule has 2 heterocycles. The number of carbonyl (C=O) groups excluding carboxylic acids is 1. The summed E-state index contributed by atoms with van der Waals surface area (Å²) in [6.07, 6.45) is 3.35. The molecular formula is C32H35FN2NaO5P. The number of hydrogen-bond donors (Lipinski definition) is 0. The maximum atomic E-state index is 13.6. The van der Waals surface area contributed by atoms with Crippen molar-refractivity contribution < 1.29 is 57.7 Å². The number of halogens is 1. The van der Waals surface area contributed by atoms with E-state index in [2.05, 4.69) is 17.0 Å². The van der Waals surface area contributed by atoms with E-state index in [-0.39, 0.29) is 40.7 Å². The number of piperidine rings is 1. The van der Waals surface area contributed by atoms with Crippen molar-refractivity contribution in [3.8, 4) is 16.9 Å². The van der Waals surface area contributed by atoms with Crippen LogP contribution in [0.2, 0.25) is 0 Å². The molecule has 0 aromatic heterocycles. The fourth-order valence-corrected chi connectivity index (χ4v) is 6.70. The van der Waals surface area contributed by atoms with Crippen LogP contribution in [-0.4, -0.2) is 49.5 Å². The van der Waals surface area contributed by atoms with Gasteiger partial charge in [0.05, 0.1) is 13.2 Å². The number of carbonyl (C=O) groups is 1. The second kappa shape index (κ2) is 12.4. The van der Waals surface area contributed by atoms with Gasteiger partial charge in [0.2, 0.25) is 0 Å². The molecule has 2 aliphatic heterocycles. The van der Waals surface area contributed by atoms with Gasteiger partial charge in [-0.2, -0.15) is 0 Å². The number of likely N-dealkylation sites (tertiary alicyclic amines) is 1. The maximum Gasteiger partial charge on any atom is 1.00 e. The first kappa shape index (κ1) is 31.2. The predicted molar refractivity (Wildman–Crippen MR) is 156 cm³/mol. The summed E-state index contributed by atoms with van der Waals surface area (Å²) < 4.78 is 37.5. The summed E-state index contributed by atoms with van der Waals surface area (Å²) in [5.74, 6) is 1.13. The van der Waals surface area contributed by atoms with Gasteiger partial charge in [0.15, 0.2) is 0 Å². The minimum absolute atomic E-state index is 0. The van der Waals surface area contributed by atoms with Gasteiger partial charge >= 0.3 is 35.7 Å².